The van der Waals surface area contributed by atoms with E-state index < -0.39 is 5.60 Å². The van der Waals surface area contributed by atoms with Gasteiger partial charge in [-0.25, -0.2) is 0 Å². The Morgan fingerprint density at radius 1 is 1.17 bits per heavy atom. The molecule has 126 valence electrons. The Kier molecular flexibility index (Phi) is 4.20. The third-order valence-corrected chi connectivity index (χ3v) is 6.72. The van der Waals surface area contributed by atoms with Gasteiger partial charge in [-0.1, -0.05) is 0 Å². The fourth-order valence-electron chi connectivity index (χ4n) is 4.36. The highest BCUT2D eigenvalue weighted by Gasteiger charge is 2.40. The number of thiophene rings is 1. The monoisotopic (exact) mass is 334 g/mol. The molecule has 23 heavy (non-hydrogen) atoms. The third-order valence-electron chi connectivity index (χ3n) is 5.63. The Labute approximate surface area is 142 Å². The molecule has 1 atom stereocenters. The molecule has 4 nitrogen and oxygen atoms in total. The van der Waals surface area contributed by atoms with Crippen LogP contribution in [0.1, 0.15) is 52.9 Å². The van der Waals surface area contributed by atoms with Crippen LogP contribution in [0, 0.1) is 0 Å². The van der Waals surface area contributed by atoms with Crippen molar-refractivity contribution in [1.82, 2.24) is 9.80 Å². The largest absolute Gasteiger partial charge is 0.387 e. The van der Waals surface area contributed by atoms with E-state index in [9.17, 15) is 9.90 Å². The molecule has 1 aliphatic carbocycles. The second-order valence-electron chi connectivity index (χ2n) is 7.44. The van der Waals surface area contributed by atoms with Crippen molar-refractivity contribution in [3.05, 3.63) is 21.4 Å². The molecule has 0 spiro atoms. The van der Waals surface area contributed by atoms with E-state index in [1.165, 1.54) is 36.1 Å². The number of aryl methyl sites for hydroxylation is 1. The highest BCUT2D eigenvalue weighted by Crippen LogP contribution is 2.32. The quantitative estimate of drug-likeness (QED) is 0.922. The lowest BCUT2D eigenvalue weighted by atomic mass is 9.95. The Morgan fingerprint density at radius 2 is 1.96 bits per heavy atom. The topological polar surface area (TPSA) is 43.8 Å². The molecule has 1 aromatic heterocycles. The van der Waals surface area contributed by atoms with Crippen molar-refractivity contribution in [1.29, 1.82) is 0 Å². The first-order valence-electron chi connectivity index (χ1n) is 8.98. The minimum Gasteiger partial charge on any atom is -0.387 e. The maximum Gasteiger partial charge on any atom is 0.255 e. The highest BCUT2D eigenvalue weighted by molar-refractivity contribution is 7.10. The van der Waals surface area contributed by atoms with Gasteiger partial charge in [0.05, 0.1) is 17.7 Å². The number of aliphatic hydroxyl groups is 1. The zero-order chi connectivity index (χ0) is 15.9. The van der Waals surface area contributed by atoms with Crippen molar-refractivity contribution in [3.63, 3.8) is 0 Å². The predicted octanol–water partition coefficient (Wildman–Crippen LogP) is 2.30. The van der Waals surface area contributed by atoms with Crippen LogP contribution >= 0.6 is 11.3 Å². The number of amides is 1. The van der Waals surface area contributed by atoms with Crippen molar-refractivity contribution < 1.29 is 9.90 Å². The Balaban J connectivity index is 1.44. The molecule has 0 aromatic carbocycles. The van der Waals surface area contributed by atoms with Crippen LogP contribution in [0.2, 0.25) is 0 Å². The van der Waals surface area contributed by atoms with Gasteiger partial charge in [0, 0.05) is 23.3 Å². The SMILES string of the molecule is O=C(c1csc2c1CCCC2)N1CC[C@](O)(CN2CCCC2)C1. The number of β-amino-alcohol motifs (C(OH)–C–C–N with tert-alkyl or cyclic N) is 1. The number of nitrogens with zero attached hydrogens (tertiary/aromatic N) is 2. The van der Waals surface area contributed by atoms with Gasteiger partial charge < -0.3 is 14.9 Å². The lowest BCUT2D eigenvalue weighted by Gasteiger charge is -2.28. The molecule has 1 aromatic rings. The van der Waals surface area contributed by atoms with Gasteiger partial charge in [-0.15, -0.1) is 11.3 Å². The summed E-state index contributed by atoms with van der Waals surface area (Å²) in [5, 5.41) is 12.9. The maximum absolute atomic E-state index is 12.9. The minimum atomic E-state index is -0.712. The van der Waals surface area contributed by atoms with E-state index in [-0.39, 0.29) is 5.91 Å². The molecule has 2 saturated heterocycles. The van der Waals surface area contributed by atoms with E-state index in [1.807, 2.05) is 4.90 Å². The Hall–Kier alpha value is -0.910. The summed E-state index contributed by atoms with van der Waals surface area (Å²) in [5.41, 5.74) is 1.49. The number of rotatable bonds is 3. The standard InChI is InChI=1S/C18H26N2O2S/c21-17(15-11-23-16-6-2-1-5-14(15)16)20-10-7-18(22,13-20)12-19-8-3-4-9-19/h11,22H,1-10,12-13H2/t18-/m0/s1. The van der Waals surface area contributed by atoms with Gasteiger partial charge in [0.15, 0.2) is 0 Å². The number of likely N-dealkylation sites (tertiary alicyclic amines) is 2. The molecule has 1 amide bonds. The summed E-state index contributed by atoms with van der Waals surface area (Å²) in [6, 6.07) is 0. The third kappa shape index (κ3) is 3.06. The molecule has 3 heterocycles. The van der Waals surface area contributed by atoms with E-state index in [0.717, 1.165) is 38.0 Å². The first-order valence-corrected chi connectivity index (χ1v) is 9.86. The van der Waals surface area contributed by atoms with Crippen LogP contribution < -0.4 is 0 Å². The number of hydrogen-bond acceptors (Lipinski definition) is 4. The minimum absolute atomic E-state index is 0.141. The van der Waals surface area contributed by atoms with Crippen LogP contribution in [-0.2, 0) is 12.8 Å². The zero-order valence-electron chi connectivity index (χ0n) is 13.7. The first-order chi connectivity index (χ1) is 11.1. The summed E-state index contributed by atoms with van der Waals surface area (Å²) in [4.78, 5) is 18.6. The fourth-order valence-corrected chi connectivity index (χ4v) is 5.48. The van der Waals surface area contributed by atoms with E-state index in [4.69, 9.17) is 0 Å². The van der Waals surface area contributed by atoms with Crippen LogP contribution in [0.4, 0.5) is 0 Å². The highest BCUT2D eigenvalue weighted by atomic mass is 32.1. The molecule has 2 fully saturated rings. The second kappa shape index (κ2) is 6.19. The smallest absolute Gasteiger partial charge is 0.255 e. The molecule has 4 rings (SSSR count). The molecule has 2 aliphatic heterocycles. The molecule has 0 radical (unpaired) electrons. The molecule has 0 unspecified atom stereocenters. The van der Waals surface area contributed by atoms with Gasteiger partial charge in [-0.05, 0) is 63.6 Å². The normalized spacial score (nSPS) is 28.3. The summed E-state index contributed by atoms with van der Waals surface area (Å²) in [7, 11) is 0. The molecule has 1 N–H and O–H groups in total. The van der Waals surface area contributed by atoms with Crippen LogP contribution in [0.3, 0.4) is 0 Å². The Morgan fingerprint density at radius 3 is 2.78 bits per heavy atom. The van der Waals surface area contributed by atoms with Crippen molar-refractivity contribution in [2.45, 2.75) is 50.5 Å². The second-order valence-corrected chi connectivity index (χ2v) is 8.41. The summed E-state index contributed by atoms with van der Waals surface area (Å²) in [5.74, 6) is 0.141. The fraction of sp³-hybridized carbons (Fsp3) is 0.722. The summed E-state index contributed by atoms with van der Waals surface area (Å²) < 4.78 is 0. The van der Waals surface area contributed by atoms with Crippen LogP contribution in [0.25, 0.3) is 0 Å². The van der Waals surface area contributed by atoms with Crippen molar-refractivity contribution in [2.24, 2.45) is 0 Å². The molecule has 0 saturated carbocycles. The van der Waals surface area contributed by atoms with Gasteiger partial charge in [-0.2, -0.15) is 0 Å². The number of carbonyl (C=O) groups is 1. The lowest BCUT2D eigenvalue weighted by Crippen LogP contribution is -2.45. The van der Waals surface area contributed by atoms with E-state index >= 15 is 0 Å². The van der Waals surface area contributed by atoms with Crippen LogP contribution in [0.5, 0.6) is 0 Å². The van der Waals surface area contributed by atoms with Gasteiger partial charge in [0.1, 0.15) is 0 Å². The van der Waals surface area contributed by atoms with Crippen molar-refractivity contribution in [3.8, 4) is 0 Å². The Bertz CT molecular complexity index is 594. The number of hydrogen-bond donors (Lipinski definition) is 1. The molecule has 5 heteroatoms. The average molecular weight is 334 g/mol. The first kappa shape index (κ1) is 15.6. The molecule has 0 bridgehead atoms. The van der Waals surface area contributed by atoms with Crippen LogP contribution in [0.15, 0.2) is 5.38 Å². The zero-order valence-corrected chi connectivity index (χ0v) is 14.5. The van der Waals surface area contributed by atoms with E-state index in [2.05, 4.69) is 10.3 Å². The van der Waals surface area contributed by atoms with Gasteiger partial charge in [-0.3, -0.25) is 4.79 Å². The van der Waals surface area contributed by atoms with Crippen LogP contribution in [-0.4, -0.2) is 59.1 Å². The number of carbonyl (C=O) groups excluding carboxylic acids is 1. The van der Waals surface area contributed by atoms with Gasteiger partial charge in [0.2, 0.25) is 0 Å². The van der Waals surface area contributed by atoms with Gasteiger partial charge in [0.25, 0.3) is 5.91 Å². The summed E-state index contributed by atoms with van der Waals surface area (Å²) in [6.07, 6.45) is 7.81. The lowest BCUT2D eigenvalue weighted by molar-refractivity contribution is 0.0175. The van der Waals surface area contributed by atoms with Crippen molar-refractivity contribution >= 4 is 17.2 Å². The summed E-state index contributed by atoms with van der Waals surface area (Å²) in [6.45, 7) is 4.09. The van der Waals surface area contributed by atoms with Gasteiger partial charge >= 0.3 is 0 Å². The summed E-state index contributed by atoms with van der Waals surface area (Å²) >= 11 is 1.75. The van der Waals surface area contributed by atoms with Crippen molar-refractivity contribution in [2.75, 3.05) is 32.7 Å². The van der Waals surface area contributed by atoms with E-state index in [1.54, 1.807) is 11.3 Å². The molecular formula is C18H26N2O2S. The molecular weight excluding hydrogens is 308 g/mol. The number of fused-ring (bicyclic) bond motifs is 1. The maximum atomic E-state index is 12.9. The average Bonchev–Trinajstić information content (AvgIpc) is 3.26. The molecule has 3 aliphatic rings. The predicted molar refractivity (Wildman–Crippen MR) is 92.1 cm³/mol. The van der Waals surface area contributed by atoms with E-state index in [0.29, 0.717) is 19.5 Å².